The Morgan fingerprint density at radius 3 is 1.08 bits per heavy atom. The molecule has 0 spiro atoms. The first-order chi connectivity index (χ1) is 6.08. The van der Waals surface area contributed by atoms with E-state index < -0.39 is 5.92 Å². The quantitative estimate of drug-likeness (QED) is 0.294. The molecule has 0 unspecified atom stereocenters. The van der Waals surface area contributed by atoms with E-state index in [4.69, 9.17) is 34.4 Å². The van der Waals surface area contributed by atoms with E-state index in [0.29, 0.717) is 17.1 Å². The van der Waals surface area contributed by atoms with Gasteiger partial charge in [-0.25, -0.2) is 0 Å². The van der Waals surface area contributed by atoms with Crippen LogP contribution in [0.4, 0.5) is 0 Å². The summed E-state index contributed by atoms with van der Waals surface area (Å²) in [6, 6.07) is 0. The number of hydrogen-bond donors (Lipinski definition) is 6. The van der Waals surface area contributed by atoms with E-state index in [-0.39, 0.29) is 0 Å². The summed E-state index contributed by atoms with van der Waals surface area (Å²) in [6.45, 7) is 0. The van der Waals surface area contributed by atoms with Crippen molar-refractivity contribution < 1.29 is 0 Å². The molecule has 74 valence electrons. The first-order valence-electron chi connectivity index (χ1n) is 3.60. The van der Waals surface area contributed by atoms with Crippen molar-refractivity contribution in [1.82, 2.24) is 0 Å². The van der Waals surface area contributed by atoms with Crippen LogP contribution in [0, 0.1) is 5.92 Å². The van der Waals surface area contributed by atoms with Crippen LogP contribution in [0.3, 0.4) is 0 Å². The summed E-state index contributed by atoms with van der Waals surface area (Å²) in [7, 11) is 0. The van der Waals surface area contributed by atoms with Crippen molar-refractivity contribution in [1.29, 1.82) is 0 Å². The monoisotopic (exact) mass is 184 g/mol. The topological polar surface area (TPSA) is 156 Å². The lowest BCUT2D eigenvalue weighted by Gasteiger charge is -2.17. The van der Waals surface area contributed by atoms with Gasteiger partial charge in [-0.3, -0.25) is 0 Å². The number of rotatable bonds is 3. The summed E-state index contributed by atoms with van der Waals surface area (Å²) in [5.41, 5.74) is 33.2. The van der Waals surface area contributed by atoms with Gasteiger partial charge in [-0.2, -0.15) is 0 Å². The Hall–Kier alpha value is -1.98. The largest absolute Gasteiger partial charge is 0.403 e. The van der Waals surface area contributed by atoms with Crippen LogP contribution in [0.1, 0.15) is 0 Å². The van der Waals surface area contributed by atoms with Crippen LogP contribution in [0.5, 0.6) is 0 Å². The average Bonchev–Trinajstić information content (AvgIpc) is 2.16. The highest BCUT2D eigenvalue weighted by Gasteiger charge is 2.16. The zero-order valence-electron chi connectivity index (χ0n) is 7.27. The van der Waals surface area contributed by atoms with Crippen LogP contribution >= 0.6 is 0 Å². The predicted molar refractivity (Wildman–Crippen MR) is 52.9 cm³/mol. The van der Waals surface area contributed by atoms with Crippen LogP contribution in [0.2, 0.25) is 0 Å². The van der Waals surface area contributed by atoms with Crippen LogP contribution in [-0.4, -0.2) is 0 Å². The summed E-state index contributed by atoms with van der Waals surface area (Å²) in [4.78, 5) is 0. The third kappa shape index (κ3) is 2.51. The zero-order valence-corrected chi connectivity index (χ0v) is 7.27. The Morgan fingerprint density at radius 1 is 0.692 bits per heavy atom. The Labute approximate surface area is 76.9 Å². The Morgan fingerprint density at radius 2 is 0.923 bits per heavy atom. The normalized spacial score (nSPS) is 17.1. The lowest BCUT2D eigenvalue weighted by atomic mass is 9.99. The third-order valence-corrected chi connectivity index (χ3v) is 1.58. The van der Waals surface area contributed by atoms with Crippen LogP contribution in [0.25, 0.3) is 0 Å². The van der Waals surface area contributed by atoms with Gasteiger partial charge in [-0.1, -0.05) is 0 Å². The van der Waals surface area contributed by atoms with Gasteiger partial charge in [0.05, 0.1) is 5.92 Å². The molecule has 0 heterocycles. The van der Waals surface area contributed by atoms with E-state index in [2.05, 4.69) is 0 Å². The molecular formula is C7H16N6. The second-order valence-electron chi connectivity index (χ2n) is 2.43. The zero-order chi connectivity index (χ0) is 10.4. The van der Waals surface area contributed by atoms with Gasteiger partial charge in [-0.15, -0.1) is 0 Å². The fourth-order valence-electron chi connectivity index (χ4n) is 0.866. The van der Waals surface area contributed by atoms with Crippen molar-refractivity contribution in [3.8, 4) is 0 Å². The summed E-state index contributed by atoms with van der Waals surface area (Å²) in [6.07, 6.45) is 3.62. The van der Waals surface area contributed by atoms with Gasteiger partial charge in [0.1, 0.15) is 0 Å². The van der Waals surface area contributed by atoms with E-state index in [0.717, 1.165) is 0 Å². The lowest BCUT2D eigenvalue weighted by Crippen LogP contribution is -2.27. The smallest absolute Gasteiger partial charge is 0.0819 e. The molecule has 0 fully saturated rings. The molecule has 0 rings (SSSR count). The lowest BCUT2D eigenvalue weighted by molar-refractivity contribution is 0.781. The molecule has 0 aromatic carbocycles. The maximum Gasteiger partial charge on any atom is 0.0819 e. The van der Waals surface area contributed by atoms with Crippen molar-refractivity contribution in [3.63, 3.8) is 0 Å². The van der Waals surface area contributed by atoms with E-state index in [1.54, 1.807) is 0 Å². The molecule has 0 aromatic rings. The molecule has 0 atom stereocenters. The Kier molecular flexibility index (Phi) is 4.08. The minimum atomic E-state index is -0.528. The van der Waals surface area contributed by atoms with Crippen LogP contribution in [0.15, 0.2) is 35.7 Å². The molecular weight excluding hydrogens is 168 g/mol. The molecule has 0 aromatic heterocycles. The Balaban J connectivity index is 4.99. The molecule has 0 aliphatic carbocycles. The maximum atomic E-state index is 5.55. The minimum absolute atomic E-state index is 0.304. The van der Waals surface area contributed by atoms with Crippen molar-refractivity contribution in [2.75, 3.05) is 0 Å². The average molecular weight is 184 g/mol. The van der Waals surface area contributed by atoms with E-state index >= 15 is 0 Å². The molecule has 0 saturated carbocycles. The fraction of sp³-hybridized carbons (Fsp3) is 0.143. The third-order valence-electron chi connectivity index (χ3n) is 1.58. The second kappa shape index (κ2) is 4.81. The highest BCUT2D eigenvalue weighted by molar-refractivity contribution is 5.27. The number of nitrogens with two attached hydrogens (primary N) is 6. The predicted octanol–water partition coefficient (Wildman–Crippen LogP) is -2.12. The van der Waals surface area contributed by atoms with Gasteiger partial charge in [0.25, 0.3) is 0 Å². The summed E-state index contributed by atoms with van der Waals surface area (Å²) in [5.74, 6) is -0.528. The molecule has 12 N–H and O–H groups in total. The minimum Gasteiger partial charge on any atom is -0.403 e. The highest BCUT2D eigenvalue weighted by atomic mass is 14.8. The van der Waals surface area contributed by atoms with Gasteiger partial charge in [0, 0.05) is 35.7 Å². The van der Waals surface area contributed by atoms with Gasteiger partial charge < -0.3 is 34.4 Å². The molecule has 0 bridgehead atoms. The van der Waals surface area contributed by atoms with Crippen LogP contribution < -0.4 is 34.4 Å². The summed E-state index contributed by atoms with van der Waals surface area (Å²) in [5, 5.41) is 0. The molecule has 0 aliphatic rings. The number of hydrogen-bond acceptors (Lipinski definition) is 6. The second-order valence-corrected chi connectivity index (χ2v) is 2.43. The molecule has 6 heteroatoms. The standard InChI is InChI=1S/C7H16N6/c8-1-4(11)7(5(12)2-9)6(13)3-10/h1-3,7H,8-13H2. The van der Waals surface area contributed by atoms with Gasteiger partial charge >= 0.3 is 0 Å². The molecule has 0 radical (unpaired) electrons. The van der Waals surface area contributed by atoms with Crippen LogP contribution in [-0.2, 0) is 0 Å². The summed E-state index contributed by atoms with van der Waals surface area (Å²) >= 11 is 0. The maximum absolute atomic E-state index is 5.55. The molecule has 0 amide bonds. The molecule has 0 saturated heterocycles. The highest BCUT2D eigenvalue weighted by Crippen LogP contribution is 2.16. The van der Waals surface area contributed by atoms with Crippen molar-refractivity contribution in [3.05, 3.63) is 35.7 Å². The first-order valence-corrected chi connectivity index (χ1v) is 3.60. The first kappa shape index (κ1) is 11.0. The van der Waals surface area contributed by atoms with E-state index in [9.17, 15) is 0 Å². The SMILES string of the molecule is NC=C(N)C(C(N)=CN)C(N)=CN. The van der Waals surface area contributed by atoms with E-state index in [1.165, 1.54) is 18.6 Å². The van der Waals surface area contributed by atoms with Crippen molar-refractivity contribution in [2.24, 2.45) is 40.3 Å². The fourth-order valence-corrected chi connectivity index (χ4v) is 0.866. The Bertz CT molecular complexity index is 209. The van der Waals surface area contributed by atoms with Crippen molar-refractivity contribution in [2.45, 2.75) is 0 Å². The van der Waals surface area contributed by atoms with Gasteiger partial charge in [0.15, 0.2) is 0 Å². The molecule has 0 aliphatic heterocycles. The van der Waals surface area contributed by atoms with Gasteiger partial charge in [0.2, 0.25) is 0 Å². The van der Waals surface area contributed by atoms with E-state index in [1.807, 2.05) is 0 Å². The molecule has 6 nitrogen and oxygen atoms in total. The van der Waals surface area contributed by atoms with Gasteiger partial charge in [-0.05, 0) is 0 Å². The van der Waals surface area contributed by atoms with Crippen molar-refractivity contribution >= 4 is 0 Å². The molecule has 13 heavy (non-hydrogen) atoms. The summed E-state index contributed by atoms with van der Waals surface area (Å²) < 4.78 is 0.